The molecule has 0 saturated heterocycles. The fourth-order valence-electron chi connectivity index (χ4n) is 4.61. The molecule has 1 unspecified atom stereocenters. The Morgan fingerprint density at radius 2 is 1.47 bits per heavy atom. The Hall–Kier alpha value is -5.38. The molecule has 10 nitrogen and oxygen atoms in total. The number of hydrogen-bond acceptors (Lipinski definition) is 6. The van der Waals surface area contributed by atoms with Crippen LogP contribution in [0.25, 0.3) is 0 Å². The second kappa shape index (κ2) is 14.0. The number of rotatable bonds is 13. The summed E-state index contributed by atoms with van der Waals surface area (Å²) in [5.74, 6) is -3.69. The van der Waals surface area contributed by atoms with Crippen LogP contribution in [0, 0.1) is 0 Å². The number of benzene rings is 3. The number of nitrogens with one attached hydrogen (secondary N) is 2. The summed E-state index contributed by atoms with van der Waals surface area (Å²) in [5.41, 5.74) is 4.89. The number of amides is 1. The average molecular weight is 584 g/mol. The van der Waals surface area contributed by atoms with Crippen molar-refractivity contribution < 1.29 is 29.3 Å². The third kappa shape index (κ3) is 8.10. The predicted molar refractivity (Wildman–Crippen MR) is 161 cm³/mol. The minimum Gasteiger partial charge on any atom is -0.489 e. The molecule has 0 aliphatic carbocycles. The molecule has 0 radical (unpaired) electrons. The largest absolute Gasteiger partial charge is 0.489 e. The number of carboxylic acids is 2. The molecule has 10 heteroatoms. The zero-order chi connectivity index (χ0) is 30.9. The van der Waals surface area contributed by atoms with E-state index in [2.05, 4.69) is 10.4 Å². The predicted octanol–water partition coefficient (Wildman–Crippen LogP) is 4.60. The maximum Gasteiger partial charge on any atom is 0.328 e. The first-order valence-electron chi connectivity index (χ1n) is 13.7. The van der Waals surface area contributed by atoms with E-state index in [1.807, 2.05) is 60.7 Å². The molecular weight excluding hydrogens is 550 g/mol. The van der Waals surface area contributed by atoms with E-state index in [9.17, 15) is 29.4 Å². The van der Waals surface area contributed by atoms with Crippen molar-refractivity contribution in [3.05, 3.63) is 129 Å². The Bertz CT molecular complexity index is 1620. The van der Waals surface area contributed by atoms with Crippen LogP contribution < -0.4 is 15.7 Å². The van der Waals surface area contributed by atoms with Crippen LogP contribution in [0.15, 0.2) is 95.8 Å². The summed E-state index contributed by atoms with van der Waals surface area (Å²) in [4.78, 5) is 53.1. The number of carboxylic acid groups (broad SMARTS) is 2. The number of aromatic amines is 1. The van der Waals surface area contributed by atoms with Crippen molar-refractivity contribution in [2.45, 2.75) is 45.3 Å². The number of carbonyl (C=O) groups is 3. The lowest BCUT2D eigenvalue weighted by Crippen LogP contribution is -2.50. The van der Waals surface area contributed by atoms with Crippen molar-refractivity contribution in [2.75, 3.05) is 5.43 Å². The number of pyridine rings is 1. The number of hydrogen-bond donors (Lipinski definition) is 4. The van der Waals surface area contributed by atoms with Crippen molar-refractivity contribution in [3.63, 3.8) is 0 Å². The first-order chi connectivity index (χ1) is 20.6. The molecule has 0 bridgehead atoms. The monoisotopic (exact) mass is 583 g/mol. The van der Waals surface area contributed by atoms with Gasteiger partial charge in [-0.25, -0.2) is 9.80 Å². The lowest BCUT2D eigenvalue weighted by Gasteiger charge is -2.30. The van der Waals surface area contributed by atoms with E-state index in [0.717, 1.165) is 16.1 Å². The van der Waals surface area contributed by atoms with Crippen LogP contribution in [-0.4, -0.2) is 44.1 Å². The third-order valence-electron chi connectivity index (χ3n) is 6.96. The van der Waals surface area contributed by atoms with Crippen LogP contribution in [-0.2, 0) is 33.8 Å². The van der Waals surface area contributed by atoms with Gasteiger partial charge in [-0.15, -0.1) is 0 Å². The molecule has 2 atom stereocenters. The summed E-state index contributed by atoms with van der Waals surface area (Å²) in [5, 5.41) is 20.7. The Morgan fingerprint density at radius 1 is 0.860 bits per heavy atom. The van der Waals surface area contributed by atoms with Crippen molar-refractivity contribution in [3.8, 4) is 5.75 Å². The fourth-order valence-corrected chi connectivity index (χ4v) is 4.61. The molecule has 43 heavy (non-hydrogen) atoms. The van der Waals surface area contributed by atoms with Gasteiger partial charge >= 0.3 is 11.9 Å². The summed E-state index contributed by atoms with van der Waals surface area (Å²) in [6, 6.07) is 25.9. The van der Waals surface area contributed by atoms with E-state index >= 15 is 0 Å². The summed E-state index contributed by atoms with van der Waals surface area (Å²) in [6.45, 7) is 2.96. The highest BCUT2D eigenvalue weighted by molar-refractivity contribution is 5.84. The zero-order valence-corrected chi connectivity index (χ0v) is 23.8. The molecule has 0 aliphatic heterocycles. The van der Waals surface area contributed by atoms with Gasteiger partial charge < -0.3 is 19.9 Å². The van der Waals surface area contributed by atoms with Gasteiger partial charge in [0.15, 0.2) is 6.04 Å². The molecule has 4 rings (SSSR count). The fraction of sp³-hybridized carbons (Fsp3) is 0.212. The van der Waals surface area contributed by atoms with Gasteiger partial charge in [0.2, 0.25) is 5.91 Å². The number of carbonyl (C=O) groups excluding carboxylic acids is 1. The lowest BCUT2D eigenvalue weighted by atomic mass is 9.98. The topological polar surface area (TPSA) is 149 Å². The van der Waals surface area contributed by atoms with E-state index in [0.29, 0.717) is 30.0 Å². The number of H-pyrrole nitrogens is 1. The highest BCUT2D eigenvalue weighted by Gasteiger charge is 2.31. The molecule has 0 fully saturated rings. The number of nitrogens with zero attached hydrogens (tertiary/aromatic N) is 1. The van der Waals surface area contributed by atoms with Crippen LogP contribution >= 0.6 is 0 Å². The molecule has 0 spiro atoms. The normalized spacial score (nSPS) is 12.1. The Labute approximate surface area is 248 Å². The molecule has 0 aliphatic rings. The van der Waals surface area contributed by atoms with Gasteiger partial charge in [-0.1, -0.05) is 72.8 Å². The molecule has 4 N–H and O–H groups in total. The van der Waals surface area contributed by atoms with E-state index in [4.69, 9.17) is 4.74 Å². The van der Waals surface area contributed by atoms with Gasteiger partial charge in [-0.2, -0.15) is 0 Å². The number of aromatic nitrogens is 1. The second-order valence-electron chi connectivity index (χ2n) is 10.2. The number of aliphatic carboxylic acids is 2. The zero-order valence-electron chi connectivity index (χ0n) is 23.8. The minimum atomic E-state index is -1.41. The smallest absolute Gasteiger partial charge is 0.328 e. The van der Waals surface area contributed by atoms with E-state index < -0.39 is 35.4 Å². The first-order valence-corrected chi connectivity index (χ1v) is 13.7. The lowest BCUT2D eigenvalue weighted by molar-refractivity contribution is -0.148. The van der Waals surface area contributed by atoms with Gasteiger partial charge in [-0.05, 0) is 47.4 Å². The Morgan fingerprint density at radius 3 is 2.02 bits per heavy atom. The summed E-state index contributed by atoms with van der Waals surface area (Å²) >= 11 is 0. The highest BCUT2D eigenvalue weighted by atomic mass is 16.5. The van der Waals surface area contributed by atoms with Gasteiger partial charge in [0.05, 0.1) is 5.92 Å². The van der Waals surface area contributed by atoms with Crippen molar-refractivity contribution in [1.82, 2.24) is 9.99 Å². The maximum absolute atomic E-state index is 13.3. The van der Waals surface area contributed by atoms with Crippen LogP contribution in [0.3, 0.4) is 0 Å². The number of ether oxygens (including phenoxy) is 1. The van der Waals surface area contributed by atoms with Crippen molar-refractivity contribution >= 4 is 23.5 Å². The van der Waals surface area contributed by atoms with E-state index in [1.54, 1.807) is 30.3 Å². The molecule has 3 aromatic carbocycles. The Kier molecular flexibility index (Phi) is 9.95. The van der Waals surface area contributed by atoms with Crippen LogP contribution in [0.4, 0.5) is 5.69 Å². The average Bonchev–Trinajstić information content (AvgIpc) is 2.99. The number of hydrazine groups is 1. The van der Waals surface area contributed by atoms with Gasteiger partial charge in [0.1, 0.15) is 18.0 Å². The summed E-state index contributed by atoms with van der Waals surface area (Å²) in [6.07, 6.45) is 0.254. The van der Waals surface area contributed by atoms with E-state index in [-0.39, 0.29) is 17.7 Å². The molecule has 1 aromatic heterocycles. The standard InChI is InChI=1S/C33H33N3O7/c1-21(32(39)40)28-19-26(17-23-9-5-3-6-10-23)34-31(38)30(28)35-36(22(2)37)29(33(41)42)18-24-13-15-27(16-14-24)43-20-25-11-7-4-8-12-25/h3-16,19,21,29,35H,17-18,20H2,1-2H3,(H,34,38)(H,39,40)(H,41,42)/t21?,29-/m0/s1. The van der Waals surface area contributed by atoms with Gasteiger partial charge in [0.25, 0.3) is 5.56 Å². The van der Waals surface area contributed by atoms with E-state index in [1.165, 1.54) is 13.8 Å². The molecule has 1 heterocycles. The summed E-state index contributed by atoms with van der Waals surface area (Å²) in [7, 11) is 0. The van der Waals surface area contributed by atoms with Crippen LogP contribution in [0.1, 0.15) is 47.7 Å². The Balaban J connectivity index is 1.58. The first kappa shape index (κ1) is 30.6. The van der Waals surface area contributed by atoms with Crippen molar-refractivity contribution in [1.29, 1.82) is 0 Å². The second-order valence-corrected chi connectivity index (χ2v) is 10.2. The van der Waals surface area contributed by atoms with Crippen LogP contribution in [0.5, 0.6) is 5.75 Å². The molecule has 1 amide bonds. The number of anilines is 1. The summed E-state index contributed by atoms with van der Waals surface area (Å²) < 4.78 is 5.80. The van der Waals surface area contributed by atoms with Gasteiger partial charge in [-0.3, -0.25) is 19.8 Å². The maximum atomic E-state index is 13.3. The van der Waals surface area contributed by atoms with Crippen molar-refractivity contribution in [2.24, 2.45) is 0 Å². The highest BCUT2D eigenvalue weighted by Crippen LogP contribution is 2.25. The molecule has 0 saturated carbocycles. The molecule has 4 aromatic rings. The molecular formula is C33H33N3O7. The van der Waals surface area contributed by atoms with Crippen LogP contribution in [0.2, 0.25) is 0 Å². The SMILES string of the molecule is CC(=O)N(Nc1c(C(C)C(=O)O)cc(Cc2ccccc2)[nH]c1=O)[C@@H](Cc1ccc(OCc2ccccc2)cc1)C(=O)O. The minimum absolute atomic E-state index is 0.0886. The third-order valence-corrected chi connectivity index (χ3v) is 6.96. The quantitative estimate of drug-likeness (QED) is 0.167. The van der Waals surface area contributed by atoms with Gasteiger partial charge in [0, 0.05) is 25.5 Å². The molecule has 222 valence electrons.